The molecule has 0 N–H and O–H groups in total. The van der Waals surface area contributed by atoms with E-state index >= 15 is 0 Å². The molecule has 0 nitrogen and oxygen atoms in total. The van der Waals surface area contributed by atoms with Gasteiger partial charge in [-0.05, 0) is 25.0 Å². The van der Waals surface area contributed by atoms with E-state index in [1.54, 1.807) is 0 Å². The summed E-state index contributed by atoms with van der Waals surface area (Å²) < 4.78 is 0. The molecule has 4 heteroatoms. The SMILES string of the molecule is CC(Cl)(Cc1ccccc1)C[SiH](Cl)Cl. The van der Waals surface area contributed by atoms with E-state index in [4.69, 9.17) is 33.8 Å². The average Bonchev–Trinajstić information content (AvgIpc) is 2.02. The Morgan fingerprint density at radius 1 is 1.21 bits per heavy atom. The van der Waals surface area contributed by atoms with Crippen molar-refractivity contribution in [2.45, 2.75) is 24.3 Å². The van der Waals surface area contributed by atoms with Gasteiger partial charge in [0.2, 0.25) is 7.42 Å². The molecule has 0 aliphatic rings. The molecule has 0 bridgehead atoms. The Morgan fingerprint density at radius 3 is 2.29 bits per heavy atom. The third kappa shape index (κ3) is 4.69. The molecule has 0 fully saturated rings. The van der Waals surface area contributed by atoms with Gasteiger partial charge in [-0.2, -0.15) is 22.2 Å². The Kier molecular flexibility index (Phi) is 4.78. The third-order valence-electron chi connectivity index (χ3n) is 2.00. The summed E-state index contributed by atoms with van der Waals surface area (Å²) in [6, 6.07) is 10.9. The average molecular weight is 268 g/mol. The highest BCUT2D eigenvalue weighted by Gasteiger charge is 2.25. The van der Waals surface area contributed by atoms with Crippen LogP contribution >= 0.6 is 33.8 Å². The maximum absolute atomic E-state index is 6.33. The van der Waals surface area contributed by atoms with Crippen LogP contribution in [0.3, 0.4) is 0 Å². The first-order valence-electron chi connectivity index (χ1n) is 4.51. The lowest BCUT2D eigenvalue weighted by atomic mass is 10.0. The molecule has 0 spiro atoms. The molecule has 78 valence electrons. The molecule has 0 aromatic heterocycles. The second-order valence-corrected chi connectivity index (χ2v) is 9.60. The number of benzene rings is 1. The zero-order valence-electron chi connectivity index (χ0n) is 8.01. The van der Waals surface area contributed by atoms with E-state index in [1.807, 2.05) is 25.1 Å². The van der Waals surface area contributed by atoms with Crippen LogP contribution in [0.4, 0.5) is 0 Å². The van der Waals surface area contributed by atoms with Gasteiger partial charge in [-0.3, -0.25) is 0 Å². The van der Waals surface area contributed by atoms with Gasteiger partial charge in [-0.1, -0.05) is 30.3 Å². The topological polar surface area (TPSA) is 0 Å². The molecule has 1 rings (SSSR count). The van der Waals surface area contributed by atoms with E-state index < -0.39 is 7.42 Å². The third-order valence-corrected chi connectivity index (χ3v) is 4.68. The quantitative estimate of drug-likeness (QED) is 0.441. The number of alkyl halides is 1. The van der Waals surface area contributed by atoms with Crippen LogP contribution in [0.1, 0.15) is 12.5 Å². The molecule has 0 saturated heterocycles. The number of hydrogen-bond acceptors (Lipinski definition) is 0. The van der Waals surface area contributed by atoms with Gasteiger partial charge < -0.3 is 0 Å². The second kappa shape index (κ2) is 5.41. The first kappa shape index (κ1) is 12.4. The molecule has 0 heterocycles. The summed E-state index contributed by atoms with van der Waals surface area (Å²) in [7, 11) is -1.62. The lowest BCUT2D eigenvalue weighted by Gasteiger charge is -2.21. The lowest BCUT2D eigenvalue weighted by molar-refractivity contribution is 0.691. The summed E-state index contributed by atoms with van der Waals surface area (Å²) in [6.45, 7) is 1.99. The van der Waals surface area contributed by atoms with Crippen LogP contribution in [0.25, 0.3) is 0 Å². The van der Waals surface area contributed by atoms with Crippen molar-refractivity contribution in [3.8, 4) is 0 Å². The summed E-state index contributed by atoms with van der Waals surface area (Å²) in [4.78, 5) is -0.304. The van der Waals surface area contributed by atoms with E-state index in [9.17, 15) is 0 Å². The highest BCUT2D eigenvalue weighted by Crippen LogP contribution is 2.28. The minimum absolute atomic E-state index is 0.304. The van der Waals surface area contributed by atoms with Crippen LogP contribution < -0.4 is 0 Å². The molecule has 0 radical (unpaired) electrons. The van der Waals surface area contributed by atoms with E-state index in [0.717, 1.165) is 12.5 Å². The lowest BCUT2D eigenvalue weighted by Crippen LogP contribution is -2.23. The molecule has 0 aliphatic carbocycles. The van der Waals surface area contributed by atoms with Gasteiger partial charge in [0, 0.05) is 4.87 Å². The number of rotatable bonds is 4. The van der Waals surface area contributed by atoms with Crippen molar-refractivity contribution >= 4 is 41.2 Å². The minimum atomic E-state index is -1.62. The first-order valence-corrected chi connectivity index (χ1v) is 9.19. The summed E-state index contributed by atoms with van der Waals surface area (Å²) >= 11 is 18.0. The Labute approximate surface area is 101 Å². The van der Waals surface area contributed by atoms with E-state index in [1.165, 1.54) is 5.56 Å². The molecule has 1 aromatic carbocycles. The zero-order chi connectivity index (χ0) is 10.6. The van der Waals surface area contributed by atoms with Crippen molar-refractivity contribution < 1.29 is 0 Å². The molecule has 0 saturated carbocycles. The van der Waals surface area contributed by atoms with Crippen molar-refractivity contribution in [3.05, 3.63) is 35.9 Å². The molecular formula is C10H13Cl3Si. The fraction of sp³-hybridized carbons (Fsp3) is 0.400. The van der Waals surface area contributed by atoms with Gasteiger partial charge in [0.05, 0.1) is 0 Å². The van der Waals surface area contributed by atoms with Crippen molar-refractivity contribution in [2.75, 3.05) is 0 Å². The van der Waals surface area contributed by atoms with Crippen LogP contribution in [0.2, 0.25) is 6.04 Å². The van der Waals surface area contributed by atoms with E-state index in [2.05, 4.69) is 12.1 Å². The summed E-state index contributed by atoms with van der Waals surface area (Å²) in [5.74, 6) is 0. The summed E-state index contributed by atoms with van der Waals surface area (Å²) in [5, 5.41) is 0. The highest BCUT2D eigenvalue weighted by atomic mass is 35.7. The molecule has 1 atom stereocenters. The van der Waals surface area contributed by atoms with Crippen LogP contribution in [0, 0.1) is 0 Å². The maximum Gasteiger partial charge on any atom is 0.238 e. The molecule has 0 amide bonds. The van der Waals surface area contributed by atoms with Crippen molar-refractivity contribution in [1.29, 1.82) is 0 Å². The largest absolute Gasteiger partial charge is 0.238 e. The fourth-order valence-corrected chi connectivity index (χ4v) is 5.34. The van der Waals surface area contributed by atoms with Gasteiger partial charge in [0.15, 0.2) is 0 Å². The molecule has 1 unspecified atom stereocenters. The monoisotopic (exact) mass is 266 g/mol. The standard InChI is InChI=1S/C10H13Cl3Si/c1-10(11,8-14(12)13)7-9-5-3-2-4-6-9/h2-6,14H,7-8H2,1H3. The van der Waals surface area contributed by atoms with Crippen molar-refractivity contribution in [2.24, 2.45) is 0 Å². The smallest absolute Gasteiger partial charge is 0.150 e. The zero-order valence-corrected chi connectivity index (χ0v) is 11.4. The van der Waals surface area contributed by atoms with Gasteiger partial charge in [0.1, 0.15) is 0 Å². The fourth-order valence-electron chi connectivity index (χ4n) is 1.42. The predicted octanol–water partition coefficient (Wildman–Crippen LogP) is 3.92. The van der Waals surface area contributed by atoms with Gasteiger partial charge in [-0.15, -0.1) is 11.6 Å². The molecule has 1 aromatic rings. The number of hydrogen-bond donors (Lipinski definition) is 0. The Balaban J connectivity index is 2.59. The number of halogens is 3. The summed E-state index contributed by atoms with van der Waals surface area (Å²) in [6.07, 6.45) is 0.818. The van der Waals surface area contributed by atoms with Crippen molar-refractivity contribution in [1.82, 2.24) is 0 Å². The second-order valence-electron chi connectivity index (χ2n) is 3.67. The first-order chi connectivity index (χ1) is 6.49. The summed E-state index contributed by atoms with van der Waals surface area (Å²) in [5.41, 5.74) is 1.23. The molecular weight excluding hydrogens is 255 g/mol. The van der Waals surface area contributed by atoms with E-state index in [0.29, 0.717) is 0 Å². The highest BCUT2D eigenvalue weighted by molar-refractivity contribution is 7.34. The Bertz CT molecular complexity index is 272. The van der Waals surface area contributed by atoms with Gasteiger partial charge in [-0.25, -0.2) is 0 Å². The van der Waals surface area contributed by atoms with Crippen LogP contribution in [0.5, 0.6) is 0 Å². The maximum atomic E-state index is 6.33. The van der Waals surface area contributed by atoms with Gasteiger partial charge in [0.25, 0.3) is 0 Å². The van der Waals surface area contributed by atoms with Crippen LogP contribution in [-0.2, 0) is 6.42 Å². The van der Waals surface area contributed by atoms with Gasteiger partial charge >= 0.3 is 0 Å². The molecule has 0 aliphatic heterocycles. The Hall–Kier alpha value is 0.307. The molecule has 14 heavy (non-hydrogen) atoms. The van der Waals surface area contributed by atoms with Crippen LogP contribution in [0.15, 0.2) is 30.3 Å². The predicted molar refractivity (Wildman–Crippen MR) is 68.1 cm³/mol. The minimum Gasteiger partial charge on any atom is -0.150 e. The van der Waals surface area contributed by atoms with Crippen LogP contribution in [-0.4, -0.2) is 12.3 Å². The normalized spacial score (nSPS) is 15.5. The van der Waals surface area contributed by atoms with E-state index in [-0.39, 0.29) is 4.87 Å². The van der Waals surface area contributed by atoms with Crippen molar-refractivity contribution in [3.63, 3.8) is 0 Å². The Morgan fingerprint density at radius 2 is 1.79 bits per heavy atom.